The van der Waals surface area contributed by atoms with Crippen LogP contribution in [0.15, 0.2) is 46.7 Å². The maximum Gasteiger partial charge on any atom is 0.277 e. The fourth-order valence-electron chi connectivity index (χ4n) is 3.32. The van der Waals surface area contributed by atoms with Gasteiger partial charge in [0.2, 0.25) is 0 Å². The van der Waals surface area contributed by atoms with Crippen LogP contribution >= 0.6 is 11.8 Å². The highest BCUT2D eigenvalue weighted by molar-refractivity contribution is 8.14. The molecule has 1 saturated carbocycles. The van der Waals surface area contributed by atoms with Crippen molar-refractivity contribution in [2.75, 3.05) is 5.75 Å². The number of carbonyl (C=O) groups excluding carboxylic acids is 2. The number of aliphatic hydroxyl groups excluding tert-OH is 1. The third-order valence-corrected chi connectivity index (χ3v) is 5.54. The maximum atomic E-state index is 12.3. The first-order chi connectivity index (χ1) is 11.6. The molecule has 0 aromatic heterocycles. The quantitative estimate of drug-likeness (QED) is 0.827. The van der Waals surface area contributed by atoms with E-state index in [2.05, 4.69) is 4.99 Å². The van der Waals surface area contributed by atoms with Gasteiger partial charge in [-0.2, -0.15) is 0 Å². The summed E-state index contributed by atoms with van der Waals surface area (Å²) in [6, 6.07) is 9.06. The van der Waals surface area contributed by atoms with Gasteiger partial charge in [0.1, 0.15) is 5.76 Å². The van der Waals surface area contributed by atoms with Gasteiger partial charge in [0.05, 0.1) is 22.8 Å². The highest BCUT2D eigenvalue weighted by Crippen LogP contribution is 2.35. The van der Waals surface area contributed by atoms with E-state index in [0.717, 1.165) is 25.7 Å². The van der Waals surface area contributed by atoms with Crippen molar-refractivity contribution in [2.24, 2.45) is 10.9 Å². The molecule has 1 aliphatic heterocycles. The first-order valence-corrected chi connectivity index (χ1v) is 9.38. The topological polar surface area (TPSA) is 66.7 Å². The van der Waals surface area contributed by atoms with Gasteiger partial charge in [-0.05, 0) is 18.8 Å². The number of dihydropyridines is 1. The van der Waals surface area contributed by atoms with E-state index in [0.29, 0.717) is 16.2 Å². The van der Waals surface area contributed by atoms with E-state index in [1.54, 1.807) is 12.1 Å². The molecule has 3 rings (SSSR count). The molecule has 0 unspecified atom stereocenters. The number of carbonyl (C=O) groups is 2. The lowest BCUT2D eigenvalue weighted by Crippen LogP contribution is -2.22. The van der Waals surface area contributed by atoms with Crippen LogP contribution in [0.3, 0.4) is 0 Å². The van der Waals surface area contributed by atoms with Gasteiger partial charge in [0.15, 0.2) is 5.78 Å². The number of Topliss-reactive ketones (excluding diaryl/α,β-unsaturated/α-hetero) is 1. The summed E-state index contributed by atoms with van der Waals surface area (Å²) < 4.78 is 0. The fraction of sp³-hybridized carbons (Fsp3) is 0.421. The molecule has 1 N–H and O–H groups in total. The first kappa shape index (κ1) is 17.0. The van der Waals surface area contributed by atoms with Crippen LogP contribution in [0.4, 0.5) is 0 Å². The largest absolute Gasteiger partial charge is 0.511 e. The molecule has 1 fully saturated rings. The Bertz CT molecular complexity index is 688. The Morgan fingerprint density at radius 2 is 1.88 bits per heavy atom. The zero-order chi connectivity index (χ0) is 16.9. The lowest BCUT2D eigenvalue weighted by molar-refractivity contribution is -0.115. The minimum atomic E-state index is -0.319. The maximum absolute atomic E-state index is 12.3. The van der Waals surface area contributed by atoms with Crippen molar-refractivity contribution in [3.8, 4) is 0 Å². The number of aliphatic hydroxyl groups is 1. The van der Waals surface area contributed by atoms with Crippen molar-refractivity contribution in [3.05, 3.63) is 47.2 Å². The van der Waals surface area contributed by atoms with Gasteiger partial charge in [-0.1, -0.05) is 49.6 Å². The second kappa shape index (κ2) is 7.79. The Kier molecular flexibility index (Phi) is 5.51. The van der Waals surface area contributed by atoms with Crippen LogP contribution in [0.5, 0.6) is 0 Å². The Morgan fingerprint density at radius 3 is 2.54 bits per heavy atom. The van der Waals surface area contributed by atoms with Gasteiger partial charge < -0.3 is 5.11 Å². The smallest absolute Gasteiger partial charge is 0.277 e. The summed E-state index contributed by atoms with van der Waals surface area (Å²) in [4.78, 5) is 28.6. The van der Waals surface area contributed by atoms with E-state index in [1.165, 1.54) is 18.2 Å². The Balaban J connectivity index is 1.61. The number of hydrogen-bond donors (Lipinski definition) is 1. The molecule has 0 saturated heterocycles. The van der Waals surface area contributed by atoms with Crippen LogP contribution < -0.4 is 0 Å². The van der Waals surface area contributed by atoms with Crippen LogP contribution in [0.25, 0.3) is 0 Å². The average Bonchev–Trinajstić information content (AvgIpc) is 2.61. The summed E-state index contributed by atoms with van der Waals surface area (Å²) in [6.07, 6.45) is 5.58. The Morgan fingerprint density at radius 1 is 1.17 bits per heavy atom. The molecule has 0 radical (unpaired) electrons. The van der Waals surface area contributed by atoms with Gasteiger partial charge in [-0.25, -0.2) is 4.99 Å². The molecule has 0 spiro atoms. The molecule has 1 aromatic carbocycles. The molecule has 0 atom stereocenters. The molecule has 24 heavy (non-hydrogen) atoms. The van der Waals surface area contributed by atoms with Crippen molar-refractivity contribution >= 4 is 28.5 Å². The lowest BCUT2D eigenvalue weighted by atomic mass is 9.82. The molecule has 4 nitrogen and oxygen atoms in total. The van der Waals surface area contributed by atoms with Crippen LogP contribution in [-0.4, -0.2) is 27.6 Å². The predicted molar refractivity (Wildman–Crippen MR) is 96.5 cm³/mol. The number of nitrogens with zero attached hydrogens (tertiary/aromatic N) is 1. The van der Waals surface area contributed by atoms with Crippen molar-refractivity contribution in [3.63, 3.8) is 0 Å². The minimum absolute atomic E-state index is 0.00250. The number of aliphatic imine (C=N–C) groups is 1. The number of amides is 1. The van der Waals surface area contributed by atoms with Crippen molar-refractivity contribution in [1.29, 1.82) is 0 Å². The minimum Gasteiger partial charge on any atom is -0.511 e. The van der Waals surface area contributed by atoms with Crippen LogP contribution in [-0.2, 0) is 4.79 Å². The lowest BCUT2D eigenvalue weighted by Gasteiger charge is -2.25. The monoisotopic (exact) mass is 343 g/mol. The number of thioether (sulfide) groups is 1. The van der Waals surface area contributed by atoms with Crippen molar-refractivity contribution in [2.45, 2.75) is 38.5 Å². The zero-order valence-electron chi connectivity index (χ0n) is 13.5. The predicted octanol–water partition coefficient (Wildman–Crippen LogP) is 4.32. The van der Waals surface area contributed by atoms with Crippen LogP contribution in [0, 0.1) is 5.92 Å². The summed E-state index contributed by atoms with van der Waals surface area (Å²) in [5.74, 6) is 0.198. The second-order valence-corrected chi connectivity index (χ2v) is 7.31. The van der Waals surface area contributed by atoms with Crippen molar-refractivity contribution < 1.29 is 14.7 Å². The molecule has 126 valence electrons. The normalized spacial score (nSPS) is 19.3. The van der Waals surface area contributed by atoms with E-state index < -0.39 is 0 Å². The number of ketones is 1. The van der Waals surface area contributed by atoms with E-state index in [1.807, 2.05) is 18.2 Å². The van der Waals surface area contributed by atoms with E-state index in [9.17, 15) is 14.7 Å². The molecule has 0 bridgehead atoms. The summed E-state index contributed by atoms with van der Waals surface area (Å²) in [7, 11) is 0. The van der Waals surface area contributed by atoms with Gasteiger partial charge in [-0.3, -0.25) is 9.59 Å². The third-order valence-electron chi connectivity index (χ3n) is 4.57. The number of allylic oxidation sites excluding steroid dienone is 1. The SMILES string of the molecule is O=C1N=C(SCC(=O)c2ccccc2)CC(O)=C1C1CCCCC1. The summed E-state index contributed by atoms with van der Waals surface area (Å²) in [6.45, 7) is 0. The molecule has 2 aliphatic rings. The Hall–Kier alpha value is -1.88. The first-order valence-electron chi connectivity index (χ1n) is 8.40. The third kappa shape index (κ3) is 3.96. The highest BCUT2D eigenvalue weighted by atomic mass is 32.2. The van der Waals surface area contributed by atoms with Crippen LogP contribution in [0.1, 0.15) is 48.9 Å². The van der Waals surface area contributed by atoms with E-state index in [-0.39, 0.29) is 35.5 Å². The molecule has 1 heterocycles. The fourth-order valence-corrected chi connectivity index (χ4v) is 4.17. The van der Waals surface area contributed by atoms with Crippen molar-refractivity contribution in [1.82, 2.24) is 0 Å². The van der Waals surface area contributed by atoms with Crippen LogP contribution in [0.2, 0.25) is 0 Å². The van der Waals surface area contributed by atoms with E-state index >= 15 is 0 Å². The second-order valence-electron chi connectivity index (χ2n) is 6.26. The van der Waals surface area contributed by atoms with Gasteiger partial charge >= 0.3 is 0 Å². The van der Waals surface area contributed by atoms with Gasteiger partial charge in [0, 0.05) is 5.56 Å². The number of rotatable bonds is 4. The Labute approximate surface area is 146 Å². The molecule has 1 aromatic rings. The van der Waals surface area contributed by atoms with Gasteiger partial charge in [0.25, 0.3) is 5.91 Å². The molecular weight excluding hydrogens is 322 g/mol. The molecule has 1 amide bonds. The molecule has 5 heteroatoms. The molecular formula is C19H21NO3S. The highest BCUT2D eigenvalue weighted by Gasteiger charge is 2.30. The van der Waals surface area contributed by atoms with E-state index in [4.69, 9.17) is 0 Å². The van der Waals surface area contributed by atoms with Gasteiger partial charge in [-0.15, -0.1) is 11.8 Å². The summed E-state index contributed by atoms with van der Waals surface area (Å²) in [5.41, 5.74) is 1.16. The summed E-state index contributed by atoms with van der Waals surface area (Å²) >= 11 is 1.24. The summed E-state index contributed by atoms with van der Waals surface area (Å²) in [5, 5.41) is 10.9. The zero-order valence-corrected chi connectivity index (χ0v) is 14.3. The number of hydrogen-bond acceptors (Lipinski definition) is 4. The molecule has 1 aliphatic carbocycles. The standard InChI is InChI=1S/C19H21NO3S/c21-15-11-17(24-12-16(22)13-7-3-1-4-8-13)20-19(23)18(15)14-9-5-2-6-10-14/h1,3-4,7-8,14,21H,2,5-6,9-12H2. The number of benzene rings is 1. The average molecular weight is 343 g/mol.